The van der Waals surface area contributed by atoms with E-state index < -0.39 is 51.9 Å². The normalized spacial score (nSPS) is 12.2. The second-order valence-electron chi connectivity index (χ2n) is 7.05. The summed E-state index contributed by atoms with van der Waals surface area (Å²) in [6.45, 7) is 2.28. The topological polar surface area (TPSA) is 86.8 Å². The van der Waals surface area contributed by atoms with Crippen LogP contribution in [0.1, 0.15) is 19.4 Å². The summed E-state index contributed by atoms with van der Waals surface area (Å²) in [5, 5.41) is 2.56. The predicted molar refractivity (Wildman–Crippen MR) is 114 cm³/mol. The van der Waals surface area contributed by atoms with Gasteiger partial charge in [0.2, 0.25) is 21.8 Å². The van der Waals surface area contributed by atoms with Gasteiger partial charge in [0.1, 0.15) is 18.4 Å². The van der Waals surface area contributed by atoms with Crippen LogP contribution in [-0.4, -0.2) is 50.5 Å². The lowest BCUT2D eigenvalue weighted by Gasteiger charge is -2.31. The van der Waals surface area contributed by atoms with Crippen LogP contribution >= 0.6 is 0 Å². The summed E-state index contributed by atoms with van der Waals surface area (Å²) in [7, 11) is -4.09. The van der Waals surface area contributed by atoms with Gasteiger partial charge in [-0.3, -0.25) is 13.9 Å². The van der Waals surface area contributed by atoms with E-state index in [1.54, 1.807) is 13.0 Å². The molecule has 0 aromatic heterocycles. The van der Waals surface area contributed by atoms with E-state index in [1.165, 1.54) is 25.1 Å². The van der Waals surface area contributed by atoms with E-state index in [1.807, 2.05) is 0 Å². The molecule has 0 saturated carbocycles. The monoisotopic (exact) mass is 471 g/mol. The minimum atomic E-state index is -4.09. The first-order valence-electron chi connectivity index (χ1n) is 9.69. The summed E-state index contributed by atoms with van der Waals surface area (Å²) < 4.78 is 66.4. The maximum absolute atomic E-state index is 14.2. The molecule has 0 fully saturated rings. The fourth-order valence-electron chi connectivity index (χ4n) is 2.97. The van der Waals surface area contributed by atoms with Crippen molar-refractivity contribution in [1.82, 2.24) is 10.2 Å². The van der Waals surface area contributed by atoms with Gasteiger partial charge >= 0.3 is 0 Å². The van der Waals surface area contributed by atoms with E-state index in [9.17, 15) is 31.2 Å². The third-order valence-corrected chi connectivity index (χ3v) is 5.83. The number of nitrogens with one attached hydrogen (secondary N) is 1. The molecule has 0 bridgehead atoms. The number of halogens is 3. The number of likely N-dealkylation sites (N-methyl/N-ethyl adjacent to an activating group) is 1. The van der Waals surface area contributed by atoms with E-state index in [0.29, 0.717) is 10.4 Å². The Morgan fingerprint density at radius 1 is 1.03 bits per heavy atom. The fraction of sp³-hybridized carbons (Fsp3) is 0.333. The van der Waals surface area contributed by atoms with Gasteiger partial charge in [0.25, 0.3) is 0 Å². The van der Waals surface area contributed by atoms with Crippen molar-refractivity contribution in [3.8, 4) is 0 Å². The lowest BCUT2D eigenvalue weighted by atomic mass is 10.1. The number of amides is 2. The average Bonchev–Trinajstić information content (AvgIpc) is 2.72. The molecule has 1 N–H and O–H groups in total. The number of anilines is 1. The number of sulfonamides is 1. The number of rotatable bonds is 9. The number of carbonyl (C=O) groups is 2. The summed E-state index contributed by atoms with van der Waals surface area (Å²) in [6, 6.07) is 6.99. The highest BCUT2D eigenvalue weighted by atomic mass is 32.2. The molecule has 2 aromatic carbocycles. The second-order valence-corrected chi connectivity index (χ2v) is 8.96. The maximum atomic E-state index is 14.2. The Balaban J connectivity index is 2.42. The highest BCUT2D eigenvalue weighted by molar-refractivity contribution is 7.92. The highest BCUT2D eigenvalue weighted by Crippen LogP contribution is 2.22. The Morgan fingerprint density at radius 2 is 1.69 bits per heavy atom. The van der Waals surface area contributed by atoms with E-state index in [0.717, 1.165) is 23.3 Å². The van der Waals surface area contributed by atoms with Gasteiger partial charge in [-0.25, -0.2) is 21.6 Å². The van der Waals surface area contributed by atoms with Gasteiger partial charge in [-0.15, -0.1) is 0 Å². The smallest absolute Gasteiger partial charge is 0.244 e. The SMILES string of the molecule is CCNC(=O)C(C)N(Cc1ccccc1F)C(=O)CN(c1ccc(F)c(F)c1)S(C)(=O)=O. The first kappa shape index (κ1) is 25.2. The molecule has 0 aliphatic carbocycles. The molecular formula is C21H24F3N3O4S. The van der Waals surface area contributed by atoms with E-state index in [4.69, 9.17) is 0 Å². The van der Waals surface area contributed by atoms with Gasteiger partial charge in [-0.05, 0) is 32.0 Å². The molecule has 0 aliphatic rings. The van der Waals surface area contributed by atoms with Crippen LogP contribution < -0.4 is 9.62 Å². The van der Waals surface area contributed by atoms with Crippen LogP contribution in [0.4, 0.5) is 18.9 Å². The third-order valence-electron chi connectivity index (χ3n) is 4.69. The van der Waals surface area contributed by atoms with Gasteiger partial charge in [0.15, 0.2) is 11.6 Å². The zero-order chi connectivity index (χ0) is 24.1. The molecular weight excluding hydrogens is 447 g/mol. The number of hydrogen-bond acceptors (Lipinski definition) is 4. The Kier molecular flexibility index (Phi) is 8.25. The molecule has 11 heteroatoms. The third kappa shape index (κ3) is 6.22. The van der Waals surface area contributed by atoms with E-state index in [-0.39, 0.29) is 24.3 Å². The Bertz CT molecular complexity index is 1100. The summed E-state index contributed by atoms with van der Waals surface area (Å²) in [4.78, 5) is 26.5. The number of hydrogen-bond donors (Lipinski definition) is 1. The standard InChI is InChI=1S/C21H24F3N3O4S/c1-4-25-21(29)14(2)26(12-15-7-5-6-8-17(15)22)20(28)13-27(32(3,30)31)16-9-10-18(23)19(24)11-16/h5-11,14H,4,12-13H2,1-3H3,(H,25,29). The van der Waals surface area contributed by atoms with Crippen molar-refractivity contribution in [3.63, 3.8) is 0 Å². The molecule has 0 aliphatic heterocycles. The molecule has 0 heterocycles. The molecule has 0 saturated heterocycles. The summed E-state index contributed by atoms with van der Waals surface area (Å²) in [5.74, 6) is -4.42. The number of carbonyl (C=O) groups excluding carboxylic acids is 2. The quantitative estimate of drug-likeness (QED) is 0.609. The van der Waals surface area contributed by atoms with Crippen LogP contribution in [0, 0.1) is 17.5 Å². The molecule has 2 rings (SSSR count). The first-order chi connectivity index (χ1) is 15.0. The second kappa shape index (κ2) is 10.5. The van der Waals surface area contributed by atoms with Crippen molar-refractivity contribution in [3.05, 3.63) is 65.5 Å². The minimum Gasteiger partial charge on any atom is -0.355 e. The van der Waals surface area contributed by atoms with Crippen molar-refractivity contribution in [1.29, 1.82) is 0 Å². The van der Waals surface area contributed by atoms with Crippen molar-refractivity contribution in [2.24, 2.45) is 0 Å². The van der Waals surface area contributed by atoms with Gasteiger partial charge in [0.05, 0.1) is 11.9 Å². The van der Waals surface area contributed by atoms with Crippen LogP contribution in [0.5, 0.6) is 0 Å². The molecule has 1 atom stereocenters. The van der Waals surface area contributed by atoms with Crippen LogP contribution in [0.2, 0.25) is 0 Å². The minimum absolute atomic E-state index is 0.121. The average molecular weight is 472 g/mol. The highest BCUT2D eigenvalue weighted by Gasteiger charge is 2.30. The molecule has 2 aromatic rings. The van der Waals surface area contributed by atoms with Gasteiger partial charge in [-0.1, -0.05) is 18.2 Å². The largest absolute Gasteiger partial charge is 0.355 e. The molecule has 0 radical (unpaired) electrons. The van der Waals surface area contributed by atoms with Crippen LogP contribution in [0.3, 0.4) is 0 Å². The fourth-order valence-corrected chi connectivity index (χ4v) is 3.81. The summed E-state index contributed by atoms with van der Waals surface area (Å²) in [5.41, 5.74) is -0.146. The van der Waals surface area contributed by atoms with E-state index >= 15 is 0 Å². The van der Waals surface area contributed by atoms with Gasteiger partial charge < -0.3 is 10.2 Å². The van der Waals surface area contributed by atoms with Crippen LogP contribution in [0.25, 0.3) is 0 Å². The lowest BCUT2D eigenvalue weighted by Crippen LogP contribution is -2.51. The van der Waals surface area contributed by atoms with Crippen molar-refractivity contribution in [2.45, 2.75) is 26.4 Å². The first-order valence-corrected chi connectivity index (χ1v) is 11.5. The van der Waals surface area contributed by atoms with Crippen LogP contribution in [-0.2, 0) is 26.2 Å². The zero-order valence-corrected chi connectivity index (χ0v) is 18.6. The summed E-state index contributed by atoms with van der Waals surface area (Å²) >= 11 is 0. The van der Waals surface area contributed by atoms with E-state index in [2.05, 4.69) is 5.32 Å². The Hall–Kier alpha value is -3.08. The Labute approximate surface area is 184 Å². The van der Waals surface area contributed by atoms with Crippen molar-refractivity contribution < 1.29 is 31.2 Å². The Morgan fingerprint density at radius 3 is 2.25 bits per heavy atom. The molecule has 7 nitrogen and oxygen atoms in total. The van der Waals surface area contributed by atoms with Crippen molar-refractivity contribution in [2.75, 3.05) is 23.7 Å². The molecule has 32 heavy (non-hydrogen) atoms. The molecule has 1 unspecified atom stereocenters. The van der Waals surface area contributed by atoms with Crippen molar-refractivity contribution >= 4 is 27.5 Å². The lowest BCUT2D eigenvalue weighted by molar-refractivity contribution is -0.139. The molecule has 174 valence electrons. The van der Waals surface area contributed by atoms with Gasteiger partial charge in [-0.2, -0.15) is 0 Å². The maximum Gasteiger partial charge on any atom is 0.244 e. The number of nitrogens with zero attached hydrogens (tertiary/aromatic N) is 2. The number of benzene rings is 2. The zero-order valence-electron chi connectivity index (χ0n) is 17.8. The predicted octanol–water partition coefficient (Wildman–Crippen LogP) is 2.42. The van der Waals surface area contributed by atoms with Crippen LogP contribution in [0.15, 0.2) is 42.5 Å². The summed E-state index contributed by atoms with van der Waals surface area (Å²) in [6.07, 6.45) is 0.802. The molecule has 0 spiro atoms. The van der Waals surface area contributed by atoms with Gasteiger partial charge in [0, 0.05) is 24.7 Å². The molecule has 2 amide bonds.